The Morgan fingerprint density at radius 3 is 2.42 bits per heavy atom. The van der Waals surface area contributed by atoms with Gasteiger partial charge in [-0.15, -0.1) is 0 Å². The fourth-order valence-electron chi connectivity index (χ4n) is 2.01. The van der Waals surface area contributed by atoms with Gasteiger partial charge in [-0.1, -0.05) is 36.8 Å². The molecule has 0 fully saturated rings. The molecule has 0 aliphatic heterocycles. The molecule has 2 rings (SSSR count). The summed E-state index contributed by atoms with van der Waals surface area (Å²) in [6.45, 7) is 4.21. The van der Waals surface area contributed by atoms with Crippen LogP contribution in [0.4, 0.5) is 10.1 Å². The Hall–Kier alpha value is -1.35. The summed E-state index contributed by atoms with van der Waals surface area (Å²) in [7, 11) is 0. The van der Waals surface area contributed by atoms with Crippen LogP contribution in [0.5, 0.6) is 0 Å². The maximum Gasteiger partial charge on any atom is 0.137 e. The number of halogens is 2. The Bertz CT molecular complexity index is 551. The molecule has 0 aliphatic carbocycles. The number of benzene rings is 2. The van der Waals surface area contributed by atoms with E-state index < -0.39 is 0 Å². The van der Waals surface area contributed by atoms with Crippen molar-refractivity contribution < 1.29 is 4.39 Å². The van der Waals surface area contributed by atoms with Crippen molar-refractivity contribution in [2.45, 2.75) is 26.3 Å². The predicted octanol–water partition coefficient (Wildman–Crippen LogP) is 5.46. The lowest BCUT2D eigenvalue weighted by Crippen LogP contribution is -2.09. The molecule has 0 amide bonds. The molecule has 0 saturated carbocycles. The van der Waals surface area contributed by atoms with Gasteiger partial charge in [-0.2, -0.15) is 0 Å². The van der Waals surface area contributed by atoms with Gasteiger partial charge in [0.2, 0.25) is 0 Å². The van der Waals surface area contributed by atoms with Crippen molar-refractivity contribution in [3.05, 3.63) is 63.9 Å². The van der Waals surface area contributed by atoms with Gasteiger partial charge in [-0.05, 0) is 53.0 Å². The smallest absolute Gasteiger partial charge is 0.137 e. The molecule has 1 atom stereocenters. The van der Waals surface area contributed by atoms with Gasteiger partial charge in [0.05, 0.1) is 10.5 Å². The summed E-state index contributed by atoms with van der Waals surface area (Å²) in [6, 6.07) is 13.7. The summed E-state index contributed by atoms with van der Waals surface area (Å²) in [5.74, 6) is -0.242. The first-order valence-corrected chi connectivity index (χ1v) is 7.17. The molecule has 1 unspecified atom stereocenters. The molecule has 100 valence electrons. The molecule has 0 bridgehead atoms. The van der Waals surface area contributed by atoms with E-state index >= 15 is 0 Å². The molecule has 19 heavy (non-hydrogen) atoms. The van der Waals surface area contributed by atoms with Gasteiger partial charge in [-0.25, -0.2) is 4.39 Å². The summed E-state index contributed by atoms with van der Waals surface area (Å²) in [6.07, 6.45) is 0.970. The lowest BCUT2D eigenvalue weighted by Gasteiger charge is -2.19. The molecule has 1 N–H and O–H groups in total. The highest BCUT2D eigenvalue weighted by molar-refractivity contribution is 9.10. The molecule has 1 nitrogen and oxygen atoms in total. The van der Waals surface area contributed by atoms with Crippen molar-refractivity contribution >= 4 is 21.6 Å². The minimum Gasteiger partial charge on any atom is -0.378 e. The summed E-state index contributed by atoms with van der Waals surface area (Å²) in [4.78, 5) is 0. The highest BCUT2D eigenvalue weighted by atomic mass is 79.9. The molecule has 0 saturated heterocycles. The fraction of sp³-hybridized carbons (Fsp3) is 0.250. The number of nitrogens with one attached hydrogen (secondary N) is 1. The van der Waals surface area contributed by atoms with E-state index in [9.17, 15) is 4.39 Å². The maximum absolute atomic E-state index is 13.2. The van der Waals surface area contributed by atoms with Crippen molar-refractivity contribution in [1.29, 1.82) is 0 Å². The van der Waals surface area contributed by atoms with Gasteiger partial charge in [0.25, 0.3) is 0 Å². The van der Waals surface area contributed by atoms with Crippen molar-refractivity contribution in [2.24, 2.45) is 0 Å². The first-order valence-electron chi connectivity index (χ1n) is 6.38. The van der Waals surface area contributed by atoms with E-state index in [2.05, 4.69) is 59.4 Å². The van der Waals surface area contributed by atoms with Gasteiger partial charge in [0, 0.05) is 5.69 Å². The maximum atomic E-state index is 13.2. The SMILES string of the molecule is CCC(Nc1ccc(F)c(Br)c1)c1ccc(C)cc1. The quantitative estimate of drug-likeness (QED) is 0.788. The molecule has 0 spiro atoms. The monoisotopic (exact) mass is 321 g/mol. The highest BCUT2D eigenvalue weighted by Crippen LogP contribution is 2.26. The third kappa shape index (κ3) is 3.57. The van der Waals surface area contributed by atoms with Crippen molar-refractivity contribution in [3.8, 4) is 0 Å². The zero-order chi connectivity index (χ0) is 13.8. The summed E-state index contributed by atoms with van der Waals surface area (Å²) < 4.78 is 13.7. The fourth-order valence-corrected chi connectivity index (χ4v) is 2.39. The molecule has 0 heterocycles. The van der Waals surface area contributed by atoms with Crippen LogP contribution in [-0.4, -0.2) is 0 Å². The first-order chi connectivity index (χ1) is 9.10. The van der Waals surface area contributed by atoms with Crippen LogP contribution in [0.2, 0.25) is 0 Å². The Morgan fingerprint density at radius 1 is 1.16 bits per heavy atom. The minimum atomic E-state index is -0.242. The second-order valence-corrected chi connectivity index (χ2v) is 5.50. The summed E-state index contributed by atoms with van der Waals surface area (Å²) in [5, 5.41) is 3.44. The van der Waals surface area contributed by atoms with Crippen LogP contribution in [-0.2, 0) is 0 Å². The second kappa shape index (κ2) is 6.20. The van der Waals surface area contributed by atoms with E-state index in [1.165, 1.54) is 17.2 Å². The van der Waals surface area contributed by atoms with Crippen LogP contribution < -0.4 is 5.32 Å². The zero-order valence-corrected chi connectivity index (χ0v) is 12.7. The molecule has 2 aromatic carbocycles. The largest absolute Gasteiger partial charge is 0.378 e. The van der Waals surface area contributed by atoms with Gasteiger partial charge >= 0.3 is 0 Å². The second-order valence-electron chi connectivity index (χ2n) is 4.64. The van der Waals surface area contributed by atoms with E-state index in [4.69, 9.17) is 0 Å². The van der Waals surface area contributed by atoms with E-state index in [-0.39, 0.29) is 11.9 Å². The number of hydrogen-bond donors (Lipinski definition) is 1. The molecule has 3 heteroatoms. The molecule has 0 aromatic heterocycles. The Morgan fingerprint density at radius 2 is 1.84 bits per heavy atom. The number of aryl methyl sites for hydroxylation is 1. The third-order valence-electron chi connectivity index (χ3n) is 3.15. The number of anilines is 1. The Balaban J connectivity index is 2.18. The number of rotatable bonds is 4. The predicted molar refractivity (Wildman–Crippen MR) is 81.9 cm³/mol. The van der Waals surface area contributed by atoms with Gasteiger partial charge < -0.3 is 5.32 Å². The van der Waals surface area contributed by atoms with Gasteiger partial charge in [-0.3, -0.25) is 0 Å². The number of hydrogen-bond acceptors (Lipinski definition) is 1. The first kappa shape index (κ1) is 14.1. The van der Waals surface area contributed by atoms with Crippen LogP contribution in [0, 0.1) is 12.7 Å². The summed E-state index contributed by atoms with van der Waals surface area (Å²) >= 11 is 3.21. The van der Waals surface area contributed by atoms with Crippen LogP contribution in [0.3, 0.4) is 0 Å². The molecule has 0 aliphatic rings. The van der Waals surface area contributed by atoms with E-state index in [1.54, 1.807) is 12.1 Å². The van der Waals surface area contributed by atoms with Crippen LogP contribution >= 0.6 is 15.9 Å². The topological polar surface area (TPSA) is 12.0 Å². The van der Waals surface area contributed by atoms with E-state index in [0.29, 0.717) is 4.47 Å². The Labute approximate surface area is 122 Å². The van der Waals surface area contributed by atoms with E-state index in [0.717, 1.165) is 12.1 Å². The van der Waals surface area contributed by atoms with Gasteiger partial charge in [0.1, 0.15) is 5.82 Å². The summed E-state index contributed by atoms with van der Waals surface area (Å²) in [5.41, 5.74) is 3.41. The lowest BCUT2D eigenvalue weighted by atomic mass is 10.0. The average molecular weight is 322 g/mol. The molecule has 2 aromatic rings. The van der Waals surface area contributed by atoms with Crippen LogP contribution in [0.15, 0.2) is 46.9 Å². The lowest BCUT2D eigenvalue weighted by molar-refractivity contribution is 0.621. The normalized spacial score (nSPS) is 12.2. The molecular formula is C16H17BrFN. The minimum absolute atomic E-state index is 0.234. The average Bonchev–Trinajstić information content (AvgIpc) is 2.41. The van der Waals surface area contributed by atoms with Crippen LogP contribution in [0.25, 0.3) is 0 Å². The highest BCUT2D eigenvalue weighted by Gasteiger charge is 2.09. The van der Waals surface area contributed by atoms with Crippen molar-refractivity contribution in [2.75, 3.05) is 5.32 Å². The van der Waals surface area contributed by atoms with Crippen LogP contribution in [0.1, 0.15) is 30.5 Å². The Kier molecular flexibility index (Phi) is 4.59. The zero-order valence-electron chi connectivity index (χ0n) is 11.1. The van der Waals surface area contributed by atoms with Crippen molar-refractivity contribution in [3.63, 3.8) is 0 Å². The third-order valence-corrected chi connectivity index (χ3v) is 3.76. The van der Waals surface area contributed by atoms with Gasteiger partial charge in [0.15, 0.2) is 0 Å². The molecular weight excluding hydrogens is 305 g/mol. The molecule has 0 radical (unpaired) electrons. The standard InChI is InChI=1S/C16H17BrFN/c1-3-16(12-6-4-11(2)5-7-12)19-13-8-9-15(18)14(17)10-13/h4-10,16,19H,3H2,1-2H3. The van der Waals surface area contributed by atoms with Crippen molar-refractivity contribution in [1.82, 2.24) is 0 Å². The van der Waals surface area contributed by atoms with E-state index in [1.807, 2.05) is 0 Å².